The largest absolute Gasteiger partial charge is 0.352 e. The van der Waals surface area contributed by atoms with Crippen LogP contribution in [0.15, 0.2) is 18.2 Å². The van der Waals surface area contributed by atoms with E-state index >= 15 is 0 Å². The smallest absolute Gasteiger partial charge is 0.270 e. The average molecular weight is 291 g/mol. The van der Waals surface area contributed by atoms with Crippen molar-refractivity contribution in [3.63, 3.8) is 0 Å². The second-order valence-corrected chi connectivity index (χ2v) is 5.53. The summed E-state index contributed by atoms with van der Waals surface area (Å²) in [6, 6.07) is 4.17. The zero-order chi connectivity index (χ0) is 15.8. The van der Waals surface area contributed by atoms with E-state index in [1.54, 1.807) is 26.8 Å². The number of non-ortho nitro benzene ring substituents is 1. The molecule has 0 aliphatic carbocycles. The lowest BCUT2D eigenvalue weighted by molar-refractivity contribution is -0.384. The van der Waals surface area contributed by atoms with Gasteiger partial charge in [0.1, 0.15) is 5.54 Å². The number of nitro benzene ring substituents is 1. The van der Waals surface area contributed by atoms with Crippen LogP contribution in [0.3, 0.4) is 0 Å². The second-order valence-electron chi connectivity index (χ2n) is 5.53. The maximum atomic E-state index is 12.7. The van der Waals surface area contributed by atoms with Crippen LogP contribution in [0.4, 0.5) is 5.69 Å². The molecule has 2 rings (SSSR count). The van der Waals surface area contributed by atoms with Crippen molar-refractivity contribution in [3.05, 3.63) is 39.4 Å². The van der Waals surface area contributed by atoms with Gasteiger partial charge in [-0.15, -0.1) is 0 Å². The molecule has 0 spiro atoms. The van der Waals surface area contributed by atoms with Gasteiger partial charge in [0.25, 0.3) is 11.6 Å². The molecule has 0 aromatic heterocycles. The summed E-state index contributed by atoms with van der Waals surface area (Å²) in [6.07, 6.45) is 0. The molecule has 0 saturated carbocycles. The molecule has 0 radical (unpaired) electrons. The first kappa shape index (κ1) is 15.0. The number of nitrogens with zero attached hydrogens (tertiary/aromatic N) is 2. The van der Waals surface area contributed by atoms with E-state index in [9.17, 15) is 19.7 Å². The van der Waals surface area contributed by atoms with E-state index in [0.29, 0.717) is 18.7 Å². The Balaban J connectivity index is 2.42. The molecule has 1 aromatic carbocycles. The molecular weight excluding hydrogens is 274 g/mol. The van der Waals surface area contributed by atoms with Gasteiger partial charge in [-0.2, -0.15) is 0 Å². The Morgan fingerprint density at radius 3 is 2.71 bits per heavy atom. The molecule has 0 unspecified atom stereocenters. The number of carbonyl (C=O) groups is 2. The second kappa shape index (κ2) is 5.16. The van der Waals surface area contributed by atoms with Crippen molar-refractivity contribution in [2.24, 2.45) is 0 Å². The molecule has 7 heteroatoms. The molecule has 2 amide bonds. The van der Waals surface area contributed by atoms with Crippen molar-refractivity contribution in [2.75, 3.05) is 13.1 Å². The van der Waals surface area contributed by atoms with Gasteiger partial charge in [0.05, 0.1) is 4.92 Å². The fourth-order valence-electron chi connectivity index (χ4n) is 2.35. The van der Waals surface area contributed by atoms with Crippen LogP contribution in [0, 0.1) is 17.0 Å². The first-order valence-electron chi connectivity index (χ1n) is 6.60. The molecule has 1 aliphatic heterocycles. The highest BCUT2D eigenvalue weighted by atomic mass is 16.6. The average Bonchev–Trinajstić information content (AvgIpc) is 2.41. The Hall–Kier alpha value is -2.44. The van der Waals surface area contributed by atoms with Gasteiger partial charge in [-0.25, -0.2) is 0 Å². The van der Waals surface area contributed by atoms with E-state index < -0.39 is 10.5 Å². The highest BCUT2D eigenvalue weighted by molar-refractivity contribution is 6.01. The number of piperazine rings is 1. The first-order valence-corrected chi connectivity index (χ1v) is 6.60. The number of aryl methyl sites for hydroxylation is 1. The van der Waals surface area contributed by atoms with Crippen LogP contribution in [-0.2, 0) is 4.79 Å². The molecular formula is C14H17N3O4. The normalized spacial score (nSPS) is 17.3. The van der Waals surface area contributed by atoms with Gasteiger partial charge in [-0.1, -0.05) is 6.07 Å². The third kappa shape index (κ3) is 2.58. The van der Waals surface area contributed by atoms with Gasteiger partial charge in [0.2, 0.25) is 5.91 Å². The maximum Gasteiger partial charge on any atom is 0.270 e. The lowest BCUT2D eigenvalue weighted by Gasteiger charge is -2.41. The number of benzene rings is 1. The van der Waals surface area contributed by atoms with Crippen LogP contribution in [0.1, 0.15) is 29.8 Å². The minimum atomic E-state index is -0.980. The predicted molar refractivity (Wildman–Crippen MR) is 76.0 cm³/mol. The van der Waals surface area contributed by atoms with Crippen molar-refractivity contribution in [3.8, 4) is 0 Å². The summed E-state index contributed by atoms with van der Waals surface area (Å²) in [6.45, 7) is 5.79. The Labute approximate surface area is 122 Å². The van der Waals surface area contributed by atoms with E-state index in [1.807, 2.05) is 0 Å². The zero-order valence-corrected chi connectivity index (χ0v) is 12.2. The first-order chi connectivity index (χ1) is 9.75. The van der Waals surface area contributed by atoms with Gasteiger partial charge in [0.15, 0.2) is 0 Å². The number of hydrogen-bond donors (Lipinski definition) is 1. The zero-order valence-electron chi connectivity index (χ0n) is 12.2. The van der Waals surface area contributed by atoms with Gasteiger partial charge in [0, 0.05) is 30.8 Å². The number of hydrogen-bond acceptors (Lipinski definition) is 4. The van der Waals surface area contributed by atoms with Crippen LogP contribution in [-0.4, -0.2) is 40.3 Å². The third-order valence-corrected chi connectivity index (χ3v) is 3.76. The van der Waals surface area contributed by atoms with E-state index in [4.69, 9.17) is 0 Å². The standard InChI is InChI=1S/C14H17N3O4/c1-9-4-5-10(17(20)21)8-11(9)12(18)16-7-6-15-13(19)14(16,2)3/h4-5,8H,6-7H2,1-3H3,(H,15,19). The number of nitro groups is 1. The molecule has 1 aliphatic rings. The number of rotatable bonds is 2. The van der Waals surface area contributed by atoms with Gasteiger partial charge in [-0.05, 0) is 26.3 Å². The summed E-state index contributed by atoms with van der Waals surface area (Å²) in [7, 11) is 0. The monoisotopic (exact) mass is 291 g/mol. The molecule has 1 saturated heterocycles. The van der Waals surface area contributed by atoms with Crippen molar-refractivity contribution in [1.82, 2.24) is 10.2 Å². The van der Waals surface area contributed by atoms with Crippen molar-refractivity contribution < 1.29 is 14.5 Å². The van der Waals surface area contributed by atoms with E-state index in [2.05, 4.69) is 5.32 Å². The Bertz CT molecular complexity index is 625. The number of nitrogens with one attached hydrogen (secondary N) is 1. The molecule has 0 atom stereocenters. The molecule has 1 aromatic rings. The van der Waals surface area contributed by atoms with E-state index in [1.165, 1.54) is 17.0 Å². The van der Waals surface area contributed by atoms with Crippen LogP contribution >= 0.6 is 0 Å². The molecule has 7 nitrogen and oxygen atoms in total. The Morgan fingerprint density at radius 2 is 2.10 bits per heavy atom. The summed E-state index contributed by atoms with van der Waals surface area (Å²) >= 11 is 0. The Kier molecular flexibility index (Phi) is 3.67. The van der Waals surface area contributed by atoms with Gasteiger partial charge in [-0.3, -0.25) is 19.7 Å². The molecule has 1 N–H and O–H groups in total. The summed E-state index contributed by atoms with van der Waals surface area (Å²) in [5.41, 5.74) is -0.213. The number of carbonyl (C=O) groups excluding carboxylic acids is 2. The molecule has 1 heterocycles. The molecule has 21 heavy (non-hydrogen) atoms. The highest BCUT2D eigenvalue weighted by Crippen LogP contribution is 2.24. The highest BCUT2D eigenvalue weighted by Gasteiger charge is 2.41. The topological polar surface area (TPSA) is 92.6 Å². The Morgan fingerprint density at radius 1 is 1.43 bits per heavy atom. The predicted octanol–water partition coefficient (Wildman–Crippen LogP) is 1.25. The quantitative estimate of drug-likeness (QED) is 0.655. The van der Waals surface area contributed by atoms with E-state index in [0.717, 1.165) is 0 Å². The van der Waals surface area contributed by atoms with Crippen LogP contribution < -0.4 is 5.32 Å². The van der Waals surface area contributed by atoms with E-state index in [-0.39, 0.29) is 23.1 Å². The summed E-state index contributed by atoms with van der Waals surface area (Å²) in [4.78, 5) is 36.4. The summed E-state index contributed by atoms with van der Waals surface area (Å²) in [5.74, 6) is -0.596. The molecule has 0 bridgehead atoms. The SMILES string of the molecule is Cc1ccc([N+](=O)[O-])cc1C(=O)N1CCNC(=O)C1(C)C. The fourth-order valence-corrected chi connectivity index (χ4v) is 2.35. The maximum absolute atomic E-state index is 12.7. The minimum absolute atomic E-state index is 0.136. The minimum Gasteiger partial charge on any atom is -0.352 e. The molecule has 112 valence electrons. The fraction of sp³-hybridized carbons (Fsp3) is 0.429. The van der Waals surface area contributed by atoms with Crippen LogP contribution in [0.25, 0.3) is 0 Å². The van der Waals surface area contributed by atoms with Gasteiger partial charge >= 0.3 is 0 Å². The van der Waals surface area contributed by atoms with Crippen molar-refractivity contribution >= 4 is 17.5 Å². The lowest BCUT2D eigenvalue weighted by Crippen LogP contribution is -2.63. The van der Waals surface area contributed by atoms with Crippen LogP contribution in [0.5, 0.6) is 0 Å². The molecule has 1 fully saturated rings. The van der Waals surface area contributed by atoms with Gasteiger partial charge < -0.3 is 10.2 Å². The third-order valence-electron chi connectivity index (χ3n) is 3.76. The lowest BCUT2D eigenvalue weighted by atomic mass is 9.96. The van der Waals surface area contributed by atoms with Crippen molar-refractivity contribution in [1.29, 1.82) is 0 Å². The summed E-state index contributed by atoms with van der Waals surface area (Å²) in [5, 5.41) is 13.6. The number of amides is 2. The van der Waals surface area contributed by atoms with Crippen LogP contribution in [0.2, 0.25) is 0 Å². The summed E-state index contributed by atoms with van der Waals surface area (Å²) < 4.78 is 0. The van der Waals surface area contributed by atoms with Crippen molar-refractivity contribution in [2.45, 2.75) is 26.3 Å².